The minimum absolute atomic E-state index is 0.0686. The molecule has 0 aliphatic carbocycles. The molecule has 2 rings (SSSR count). The molecule has 1 aromatic heterocycles. The summed E-state index contributed by atoms with van der Waals surface area (Å²) in [5.74, 6) is -0.745. The van der Waals surface area contributed by atoms with Crippen LogP contribution in [0.3, 0.4) is 0 Å². The van der Waals surface area contributed by atoms with Crippen molar-refractivity contribution in [1.29, 1.82) is 0 Å². The van der Waals surface area contributed by atoms with Crippen LogP contribution in [0.25, 0.3) is 0 Å². The molecule has 1 amide bonds. The van der Waals surface area contributed by atoms with Gasteiger partial charge in [0.2, 0.25) is 0 Å². The molecule has 0 saturated heterocycles. The first-order valence-electron chi connectivity index (χ1n) is 7.26. The summed E-state index contributed by atoms with van der Waals surface area (Å²) in [5.41, 5.74) is 0.0667. The molecule has 1 atom stereocenters. The molecule has 1 heterocycles. The maximum Gasteiger partial charge on any atom is 0.260 e. The van der Waals surface area contributed by atoms with E-state index in [1.165, 1.54) is 23.2 Å². The summed E-state index contributed by atoms with van der Waals surface area (Å²) >= 11 is 0. The summed E-state index contributed by atoms with van der Waals surface area (Å²) in [7, 11) is 0. The number of carbonyl (C=O) groups is 1. The van der Waals surface area contributed by atoms with Gasteiger partial charge in [0.05, 0.1) is 0 Å². The lowest BCUT2D eigenvalue weighted by Gasteiger charge is -2.28. The molecule has 0 radical (unpaired) electrons. The number of carbonyl (C=O) groups excluding carboxylic acids is 1. The number of benzene rings is 1. The van der Waals surface area contributed by atoms with Gasteiger partial charge in [-0.3, -0.25) is 9.59 Å². The molecule has 116 valence electrons. The Hall–Kier alpha value is -2.43. The Morgan fingerprint density at radius 2 is 2.00 bits per heavy atom. The summed E-state index contributed by atoms with van der Waals surface area (Å²) in [4.78, 5) is 28.5. The summed E-state index contributed by atoms with van der Waals surface area (Å²) in [6, 6.07) is 9.33. The predicted molar refractivity (Wildman–Crippen MR) is 83.1 cm³/mol. The van der Waals surface area contributed by atoms with Gasteiger partial charge in [0.25, 0.3) is 11.5 Å². The number of hydrogen-bond donors (Lipinski definition) is 1. The number of pyridine rings is 1. The third-order valence-corrected chi connectivity index (χ3v) is 3.73. The molecular formula is C17H19FN2O2. The first-order valence-corrected chi connectivity index (χ1v) is 7.26. The van der Waals surface area contributed by atoms with Gasteiger partial charge in [-0.25, -0.2) is 4.39 Å². The van der Waals surface area contributed by atoms with Crippen LogP contribution >= 0.6 is 0 Å². The Bertz CT molecular complexity index is 712. The molecule has 22 heavy (non-hydrogen) atoms. The number of nitrogens with one attached hydrogen (secondary N) is 1. The van der Waals surface area contributed by atoms with Gasteiger partial charge in [0.1, 0.15) is 11.4 Å². The van der Waals surface area contributed by atoms with Crippen LogP contribution in [0.4, 0.5) is 4.39 Å². The Morgan fingerprint density at radius 3 is 2.64 bits per heavy atom. The van der Waals surface area contributed by atoms with E-state index in [1.807, 2.05) is 13.8 Å². The predicted octanol–water partition coefficient (Wildman–Crippen LogP) is 2.95. The lowest BCUT2D eigenvalue weighted by Crippen LogP contribution is -2.40. The second-order valence-corrected chi connectivity index (χ2v) is 5.19. The van der Waals surface area contributed by atoms with E-state index in [4.69, 9.17) is 0 Å². The van der Waals surface area contributed by atoms with E-state index in [0.717, 1.165) is 0 Å². The molecule has 1 aromatic carbocycles. The van der Waals surface area contributed by atoms with Crippen LogP contribution in [0.2, 0.25) is 0 Å². The van der Waals surface area contributed by atoms with Crippen LogP contribution < -0.4 is 5.56 Å². The number of amides is 1. The second kappa shape index (κ2) is 7.02. The number of aromatic amines is 1. The first-order chi connectivity index (χ1) is 10.5. The molecule has 0 fully saturated rings. The number of aromatic nitrogens is 1. The van der Waals surface area contributed by atoms with Crippen LogP contribution in [0.1, 0.15) is 36.2 Å². The zero-order valence-electron chi connectivity index (χ0n) is 12.7. The van der Waals surface area contributed by atoms with Crippen LogP contribution in [-0.2, 0) is 6.54 Å². The fourth-order valence-corrected chi connectivity index (χ4v) is 2.20. The van der Waals surface area contributed by atoms with Gasteiger partial charge < -0.3 is 9.88 Å². The molecule has 0 aliphatic heterocycles. The van der Waals surface area contributed by atoms with Crippen LogP contribution in [0, 0.1) is 5.82 Å². The summed E-state index contributed by atoms with van der Waals surface area (Å²) in [5, 5.41) is 0. The van der Waals surface area contributed by atoms with Gasteiger partial charge >= 0.3 is 0 Å². The van der Waals surface area contributed by atoms with Crippen molar-refractivity contribution in [2.75, 3.05) is 0 Å². The van der Waals surface area contributed by atoms with Crippen molar-refractivity contribution in [2.45, 2.75) is 32.9 Å². The van der Waals surface area contributed by atoms with E-state index in [9.17, 15) is 14.0 Å². The van der Waals surface area contributed by atoms with Crippen molar-refractivity contribution in [1.82, 2.24) is 9.88 Å². The van der Waals surface area contributed by atoms with Crippen LogP contribution in [0.5, 0.6) is 0 Å². The SMILES string of the molecule is CC[C@H](C)N(Cc1ccccc1F)C(=O)c1ccc[nH]c1=O. The number of H-pyrrole nitrogens is 1. The lowest BCUT2D eigenvalue weighted by atomic mass is 10.1. The molecule has 1 N–H and O–H groups in total. The van der Waals surface area contributed by atoms with Crippen molar-refractivity contribution in [2.24, 2.45) is 0 Å². The highest BCUT2D eigenvalue weighted by Gasteiger charge is 2.23. The topological polar surface area (TPSA) is 53.2 Å². The molecule has 0 bridgehead atoms. The fourth-order valence-electron chi connectivity index (χ4n) is 2.20. The van der Waals surface area contributed by atoms with Crippen LogP contribution in [0.15, 0.2) is 47.4 Å². The molecule has 0 aliphatic rings. The van der Waals surface area contributed by atoms with Crippen molar-refractivity contribution >= 4 is 5.91 Å². The van der Waals surface area contributed by atoms with E-state index in [1.54, 1.807) is 24.3 Å². The fraction of sp³-hybridized carbons (Fsp3) is 0.294. The third-order valence-electron chi connectivity index (χ3n) is 3.73. The van der Waals surface area contributed by atoms with E-state index in [2.05, 4.69) is 4.98 Å². The number of halogens is 1. The highest BCUT2D eigenvalue weighted by Crippen LogP contribution is 2.16. The Labute approximate surface area is 128 Å². The number of hydrogen-bond acceptors (Lipinski definition) is 2. The quantitative estimate of drug-likeness (QED) is 0.923. The summed E-state index contributed by atoms with van der Waals surface area (Å²) < 4.78 is 13.9. The zero-order valence-corrected chi connectivity index (χ0v) is 12.7. The van der Waals surface area contributed by atoms with E-state index in [0.29, 0.717) is 12.0 Å². The summed E-state index contributed by atoms with van der Waals surface area (Å²) in [6.45, 7) is 3.96. The molecular weight excluding hydrogens is 283 g/mol. The zero-order chi connectivity index (χ0) is 16.1. The maximum absolute atomic E-state index is 13.9. The molecule has 0 saturated carbocycles. The minimum atomic E-state index is -0.436. The molecule has 0 spiro atoms. The van der Waals surface area contributed by atoms with Gasteiger partial charge in [-0.15, -0.1) is 0 Å². The Kier molecular flexibility index (Phi) is 5.09. The first kappa shape index (κ1) is 15.9. The number of nitrogens with zero attached hydrogens (tertiary/aromatic N) is 1. The van der Waals surface area contributed by atoms with E-state index < -0.39 is 5.56 Å². The van der Waals surface area contributed by atoms with Crippen molar-refractivity contribution in [3.8, 4) is 0 Å². The molecule has 5 heteroatoms. The highest BCUT2D eigenvalue weighted by atomic mass is 19.1. The largest absolute Gasteiger partial charge is 0.331 e. The normalized spacial score (nSPS) is 12.0. The maximum atomic E-state index is 13.9. The van der Waals surface area contributed by atoms with Crippen LogP contribution in [-0.4, -0.2) is 21.8 Å². The average molecular weight is 302 g/mol. The molecule has 2 aromatic rings. The van der Waals surface area contributed by atoms with Gasteiger partial charge in [0.15, 0.2) is 0 Å². The Morgan fingerprint density at radius 1 is 1.27 bits per heavy atom. The van der Waals surface area contributed by atoms with Gasteiger partial charge in [-0.1, -0.05) is 25.1 Å². The summed E-state index contributed by atoms with van der Waals surface area (Å²) in [6.07, 6.45) is 2.19. The Balaban J connectivity index is 2.35. The standard InChI is InChI=1S/C17H19FN2O2/c1-3-12(2)20(11-13-7-4-5-9-15(13)18)17(22)14-8-6-10-19-16(14)21/h4-10,12H,3,11H2,1-2H3,(H,19,21)/t12-/m0/s1. The molecule has 0 unspecified atom stereocenters. The third kappa shape index (κ3) is 3.42. The monoisotopic (exact) mass is 302 g/mol. The van der Waals surface area contributed by atoms with Crippen molar-refractivity contribution in [3.05, 3.63) is 69.9 Å². The van der Waals surface area contributed by atoms with Gasteiger partial charge in [-0.2, -0.15) is 0 Å². The van der Waals surface area contributed by atoms with Gasteiger partial charge in [-0.05, 0) is 31.5 Å². The second-order valence-electron chi connectivity index (χ2n) is 5.19. The average Bonchev–Trinajstić information content (AvgIpc) is 2.53. The van der Waals surface area contributed by atoms with Gasteiger partial charge in [0, 0.05) is 24.3 Å². The number of rotatable bonds is 5. The van der Waals surface area contributed by atoms with Crippen molar-refractivity contribution in [3.63, 3.8) is 0 Å². The van der Waals surface area contributed by atoms with Crippen molar-refractivity contribution < 1.29 is 9.18 Å². The van der Waals surface area contributed by atoms with E-state index in [-0.39, 0.29) is 29.9 Å². The lowest BCUT2D eigenvalue weighted by molar-refractivity contribution is 0.0667. The minimum Gasteiger partial charge on any atom is -0.331 e. The van der Waals surface area contributed by atoms with E-state index >= 15 is 0 Å². The highest BCUT2D eigenvalue weighted by molar-refractivity contribution is 5.94. The smallest absolute Gasteiger partial charge is 0.260 e. The molecule has 4 nitrogen and oxygen atoms in total.